The average Bonchev–Trinajstić information content (AvgIpc) is 2.74. The van der Waals surface area contributed by atoms with Crippen LogP contribution in [-0.2, 0) is 6.18 Å². The number of anilines is 1. The first kappa shape index (κ1) is 14.7. The molecular weight excluding hydrogens is 299 g/mol. The molecule has 19 heavy (non-hydrogen) atoms. The third kappa shape index (κ3) is 3.66. The van der Waals surface area contributed by atoms with Gasteiger partial charge in [0.2, 0.25) is 5.82 Å². The Balaban J connectivity index is 2.18. The van der Waals surface area contributed by atoms with E-state index in [0.717, 1.165) is 19.3 Å². The fourth-order valence-electron chi connectivity index (χ4n) is 2.18. The molecule has 2 atom stereocenters. The van der Waals surface area contributed by atoms with E-state index in [2.05, 4.69) is 15.3 Å². The average molecular weight is 312 g/mol. The minimum Gasteiger partial charge on any atom is -0.366 e. The summed E-state index contributed by atoms with van der Waals surface area (Å²) in [6.07, 6.45) is 0.459. The van der Waals surface area contributed by atoms with Gasteiger partial charge in [-0.1, -0.05) is 18.0 Å². The molecule has 1 saturated carbocycles. The molecule has 2 rings (SSSR count). The summed E-state index contributed by atoms with van der Waals surface area (Å²) in [6.45, 7) is 0. The van der Waals surface area contributed by atoms with Crippen molar-refractivity contribution in [1.29, 1.82) is 0 Å². The van der Waals surface area contributed by atoms with Crippen LogP contribution in [0.5, 0.6) is 0 Å². The molecule has 106 valence electrons. The number of thioether (sulfide) groups is 1. The van der Waals surface area contributed by atoms with E-state index >= 15 is 0 Å². The molecule has 0 amide bonds. The number of nitrogens with one attached hydrogen (secondary N) is 1. The molecule has 1 heterocycles. The Morgan fingerprint density at radius 3 is 2.74 bits per heavy atom. The summed E-state index contributed by atoms with van der Waals surface area (Å²) < 4.78 is 37.8. The highest BCUT2D eigenvalue weighted by atomic mass is 35.5. The predicted molar refractivity (Wildman–Crippen MR) is 70.6 cm³/mol. The summed E-state index contributed by atoms with van der Waals surface area (Å²) in [4.78, 5) is 6.70. The first-order valence-corrected chi connectivity index (χ1v) is 7.48. The molecule has 1 aromatic rings. The van der Waals surface area contributed by atoms with Gasteiger partial charge < -0.3 is 5.32 Å². The van der Waals surface area contributed by atoms with E-state index in [9.17, 15) is 13.2 Å². The minimum atomic E-state index is -4.59. The van der Waals surface area contributed by atoms with Gasteiger partial charge in [0.05, 0.1) is 0 Å². The number of halogens is 4. The van der Waals surface area contributed by atoms with Crippen molar-refractivity contribution in [3.63, 3.8) is 0 Å². The zero-order valence-corrected chi connectivity index (χ0v) is 11.7. The molecule has 0 aromatic carbocycles. The van der Waals surface area contributed by atoms with Gasteiger partial charge in [-0.25, -0.2) is 9.97 Å². The zero-order valence-electron chi connectivity index (χ0n) is 10.2. The number of nitrogens with zero attached hydrogens (tertiary/aromatic N) is 2. The van der Waals surface area contributed by atoms with Crippen LogP contribution in [0.3, 0.4) is 0 Å². The summed E-state index contributed by atoms with van der Waals surface area (Å²) in [5, 5.41) is 3.23. The highest BCUT2D eigenvalue weighted by Crippen LogP contribution is 2.32. The summed E-state index contributed by atoms with van der Waals surface area (Å²) >= 11 is 7.33. The third-order valence-corrected chi connectivity index (χ3v) is 4.40. The van der Waals surface area contributed by atoms with Gasteiger partial charge in [-0.2, -0.15) is 24.9 Å². The van der Waals surface area contributed by atoms with Crippen molar-refractivity contribution in [1.82, 2.24) is 9.97 Å². The van der Waals surface area contributed by atoms with Crippen molar-refractivity contribution in [2.45, 2.75) is 36.7 Å². The lowest BCUT2D eigenvalue weighted by atomic mass is 10.2. The Morgan fingerprint density at radius 1 is 1.37 bits per heavy atom. The van der Waals surface area contributed by atoms with E-state index in [-0.39, 0.29) is 17.0 Å². The fraction of sp³-hybridized carbons (Fsp3) is 0.636. The van der Waals surface area contributed by atoms with Gasteiger partial charge in [-0.3, -0.25) is 0 Å². The lowest BCUT2D eigenvalue weighted by molar-refractivity contribution is -0.144. The molecule has 8 heteroatoms. The number of aromatic nitrogens is 2. The quantitative estimate of drug-likeness (QED) is 0.861. The number of rotatable bonds is 3. The SMILES string of the molecule is CSC1CCCC1Nc1cc(Cl)nc(C(F)(F)F)n1. The lowest BCUT2D eigenvalue weighted by Crippen LogP contribution is -2.27. The minimum absolute atomic E-state index is 0.127. The predicted octanol–water partition coefficient (Wildman–Crippen LogP) is 3.84. The summed E-state index contributed by atoms with van der Waals surface area (Å²) in [5.74, 6) is -1.07. The van der Waals surface area contributed by atoms with Gasteiger partial charge in [0.25, 0.3) is 0 Å². The Bertz CT molecular complexity index is 455. The van der Waals surface area contributed by atoms with Crippen molar-refractivity contribution >= 4 is 29.2 Å². The molecular formula is C11H13ClF3N3S. The van der Waals surface area contributed by atoms with Crippen LogP contribution in [0.25, 0.3) is 0 Å². The molecule has 1 aromatic heterocycles. The molecule has 0 aliphatic heterocycles. The van der Waals surface area contributed by atoms with Gasteiger partial charge in [-0.15, -0.1) is 0 Å². The van der Waals surface area contributed by atoms with Gasteiger partial charge in [0.1, 0.15) is 11.0 Å². The first-order valence-electron chi connectivity index (χ1n) is 5.81. The molecule has 0 bridgehead atoms. The normalized spacial score (nSPS) is 23.6. The second kappa shape index (κ2) is 5.75. The van der Waals surface area contributed by atoms with Crippen molar-refractivity contribution in [2.75, 3.05) is 11.6 Å². The maximum atomic E-state index is 12.6. The van der Waals surface area contributed by atoms with Gasteiger partial charge in [0.15, 0.2) is 0 Å². The Hall–Kier alpha value is -0.690. The van der Waals surface area contributed by atoms with Crippen molar-refractivity contribution in [2.24, 2.45) is 0 Å². The van der Waals surface area contributed by atoms with Gasteiger partial charge >= 0.3 is 6.18 Å². The van der Waals surface area contributed by atoms with Crippen LogP contribution in [0.15, 0.2) is 6.07 Å². The third-order valence-electron chi connectivity index (χ3n) is 3.04. The molecule has 1 aliphatic rings. The second-order valence-electron chi connectivity index (χ2n) is 4.35. The van der Waals surface area contributed by atoms with Crippen LogP contribution in [0.1, 0.15) is 25.1 Å². The molecule has 0 spiro atoms. The van der Waals surface area contributed by atoms with Crippen LogP contribution in [0.4, 0.5) is 19.0 Å². The van der Waals surface area contributed by atoms with Gasteiger partial charge in [0, 0.05) is 17.4 Å². The number of hydrogen-bond acceptors (Lipinski definition) is 4. The Morgan fingerprint density at radius 2 is 2.11 bits per heavy atom. The molecule has 1 N–H and O–H groups in total. The summed E-state index contributed by atoms with van der Waals surface area (Å²) in [6, 6.07) is 1.45. The molecule has 3 nitrogen and oxygen atoms in total. The van der Waals surface area contributed by atoms with E-state index < -0.39 is 12.0 Å². The number of alkyl halides is 3. The summed E-state index contributed by atoms with van der Waals surface area (Å²) in [5.41, 5.74) is 0. The standard InChI is InChI=1S/C11H13ClF3N3S/c1-19-7-4-2-3-6(7)16-9-5-8(12)17-10(18-9)11(13,14)15/h5-7H,2-4H2,1H3,(H,16,17,18). The van der Waals surface area contributed by atoms with Crippen LogP contribution in [0.2, 0.25) is 5.15 Å². The smallest absolute Gasteiger partial charge is 0.366 e. The van der Waals surface area contributed by atoms with Crippen molar-refractivity contribution in [3.8, 4) is 0 Å². The largest absolute Gasteiger partial charge is 0.451 e. The maximum absolute atomic E-state index is 12.6. The monoisotopic (exact) mass is 311 g/mol. The Labute approximate surface area is 118 Å². The molecule has 0 radical (unpaired) electrons. The molecule has 0 saturated heterocycles. The lowest BCUT2D eigenvalue weighted by Gasteiger charge is -2.20. The van der Waals surface area contributed by atoms with Gasteiger partial charge in [-0.05, 0) is 19.1 Å². The van der Waals surface area contributed by atoms with E-state index in [1.807, 2.05) is 6.26 Å². The van der Waals surface area contributed by atoms with Crippen LogP contribution in [0, 0.1) is 0 Å². The molecule has 2 unspecified atom stereocenters. The van der Waals surface area contributed by atoms with E-state index in [1.165, 1.54) is 6.07 Å². The summed E-state index contributed by atoms with van der Waals surface area (Å²) in [7, 11) is 0. The van der Waals surface area contributed by atoms with E-state index in [1.54, 1.807) is 11.8 Å². The van der Waals surface area contributed by atoms with E-state index in [0.29, 0.717) is 5.25 Å². The van der Waals surface area contributed by atoms with E-state index in [4.69, 9.17) is 11.6 Å². The fourth-order valence-corrected chi connectivity index (χ4v) is 3.30. The Kier molecular flexibility index (Phi) is 4.45. The molecule has 1 fully saturated rings. The van der Waals surface area contributed by atoms with Crippen LogP contribution >= 0.6 is 23.4 Å². The second-order valence-corrected chi connectivity index (χ2v) is 5.82. The molecule has 1 aliphatic carbocycles. The van der Waals surface area contributed by atoms with Crippen LogP contribution in [-0.4, -0.2) is 27.5 Å². The van der Waals surface area contributed by atoms with Crippen molar-refractivity contribution < 1.29 is 13.2 Å². The first-order chi connectivity index (χ1) is 8.90. The van der Waals surface area contributed by atoms with Crippen LogP contribution < -0.4 is 5.32 Å². The van der Waals surface area contributed by atoms with Crippen molar-refractivity contribution in [3.05, 3.63) is 17.0 Å². The maximum Gasteiger partial charge on any atom is 0.451 e. The topological polar surface area (TPSA) is 37.8 Å². The number of hydrogen-bond donors (Lipinski definition) is 1. The highest BCUT2D eigenvalue weighted by molar-refractivity contribution is 7.99. The highest BCUT2D eigenvalue weighted by Gasteiger charge is 2.36. The zero-order chi connectivity index (χ0) is 14.0.